The number of carbonyl (C=O) groups is 1. The van der Waals surface area contributed by atoms with E-state index in [0.717, 1.165) is 45.7 Å². The second kappa shape index (κ2) is 9.57. The third-order valence-electron chi connectivity index (χ3n) is 4.22. The highest BCUT2D eigenvalue weighted by Gasteiger charge is 2.16. The summed E-state index contributed by atoms with van der Waals surface area (Å²) in [6.07, 6.45) is 2.75. The third-order valence-corrected chi connectivity index (χ3v) is 6.26. The fourth-order valence-corrected chi connectivity index (χ4v) is 4.74. The Morgan fingerprint density at radius 2 is 2.28 bits per heavy atom. The van der Waals surface area contributed by atoms with Crippen LogP contribution in [-0.4, -0.2) is 24.0 Å². The zero-order valence-corrected chi connectivity index (χ0v) is 17.0. The van der Waals surface area contributed by atoms with E-state index in [1.165, 1.54) is 6.42 Å². The predicted octanol–water partition coefficient (Wildman–Crippen LogP) is 4.66. The molecule has 25 heavy (non-hydrogen) atoms. The van der Waals surface area contributed by atoms with Crippen LogP contribution in [0.1, 0.15) is 30.5 Å². The number of aromatic nitrogens is 1. The van der Waals surface area contributed by atoms with E-state index in [2.05, 4.69) is 27.1 Å². The first-order valence-corrected chi connectivity index (χ1v) is 10.0. The lowest BCUT2D eigenvalue weighted by molar-refractivity contribution is -0.116. The number of amides is 1. The molecule has 1 fully saturated rings. The van der Waals surface area contributed by atoms with Crippen molar-refractivity contribution in [2.45, 2.75) is 42.3 Å². The summed E-state index contributed by atoms with van der Waals surface area (Å²) in [5.74, 6) is 0.762. The molecule has 0 spiro atoms. The highest BCUT2D eigenvalue weighted by molar-refractivity contribution is 8.01. The van der Waals surface area contributed by atoms with Crippen LogP contribution in [0.5, 0.6) is 0 Å². The van der Waals surface area contributed by atoms with E-state index in [-0.39, 0.29) is 18.3 Å². The van der Waals surface area contributed by atoms with Crippen molar-refractivity contribution >= 4 is 47.1 Å². The van der Waals surface area contributed by atoms with Crippen molar-refractivity contribution in [2.24, 2.45) is 5.92 Å². The summed E-state index contributed by atoms with van der Waals surface area (Å²) in [6, 6.07) is 6.15. The second-order valence-electron chi connectivity index (χ2n) is 6.28. The number of anilines is 1. The maximum atomic E-state index is 12.2. The van der Waals surface area contributed by atoms with E-state index in [9.17, 15) is 4.79 Å². The first kappa shape index (κ1) is 20.2. The summed E-state index contributed by atoms with van der Waals surface area (Å²) in [5, 5.41) is 8.45. The Morgan fingerprint density at radius 3 is 2.92 bits per heavy atom. The number of rotatable bonds is 6. The molecule has 1 aliphatic rings. The Kier molecular flexibility index (Phi) is 7.75. The Balaban J connectivity index is 0.00000225. The number of aryl methyl sites for hydroxylation is 2. The molecule has 1 aromatic heterocycles. The molecule has 1 saturated heterocycles. The maximum absolute atomic E-state index is 12.2. The normalized spacial score (nSPS) is 16.5. The van der Waals surface area contributed by atoms with Gasteiger partial charge in [-0.25, -0.2) is 4.98 Å². The number of carbonyl (C=O) groups excluding carboxylic acids is 1. The average Bonchev–Trinajstić information content (AvgIpc) is 3.20. The van der Waals surface area contributed by atoms with Crippen molar-refractivity contribution in [3.05, 3.63) is 34.8 Å². The summed E-state index contributed by atoms with van der Waals surface area (Å²) in [7, 11) is 0. The first-order valence-electron chi connectivity index (χ1n) is 8.31. The molecule has 0 saturated carbocycles. The van der Waals surface area contributed by atoms with Crippen LogP contribution in [-0.2, 0) is 4.79 Å². The minimum absolute atomic E-state index is 0. The van der Waals surface area contributed by atoms with Gasteiger partial charge in [0.1, 0.15) is 0 Å². The van der Waals surface area contributed by atoms with Gasteiger partial charge in [0.2, 0.25) is 5.91 Å². The van der Waals surface area contributed by atoms with E-state index in [1.807, 2.05) is 26.0 Å². The second-order valence-corrected chi connectivity index (χ2v) is 8.46. The molecule has 1 aromatic carbocycles. The van der Waals surface area contributed by atoms with Gasteiger partial charge < -0.3 is 10.6 Å². The molecule has 7 heteroatoms. The molecule has 2 heterocycles. The zero-order valence-electron chi connectivity index (χ0n) is 14.5. The van der Waals surface area contributed by atoms with Crippen LogP contribution in [0.4, 0.5) is 5.69 Å². The van der Waals surface area contributed by atoms with E-state index in [4.69, 9.17) is 0 Å². The molecule has 2 aromatic rings. The SMILES string of the molecule is Cc1csc(Sc2ccc(NC(=O)CCC3CCNC3)c(C)c2)n1.Cl. The summed E-state index contributed by atoms with van der Waals surface area (Å²) in [5.41, 5.74) is 3.05. The number of nitrogens with one attached hydrogen (secondary N) is 2. The minimum atomic E-state index is 0. The van der Waals surface area contributed by atoms with Crippen LogP contribution in [0.25, 0.3) is 0 Å². The summed E-state index contributed by atoms with van der Waals surface area (Å²) >= 11 is 3.33. The fraction of sp³-hybridized carbons (Fsp3) is 0.444. The predicted molar refractivity (Wildman–Crippen MR) is 108 cm³/mol. The smallest absolute Gasteiger partial charge is 0.224 e. The highest BCUT2D eigenvalue weighted by Crippen LogP contribution is 2.32. The van der Waals surface area contributed by atoms with Crippen molar-refractivity contribution in [3.8, 4) is 0 Å². The van der Waals surface area contributed by atoms with Gasteiger partial charge in [0.05, 0.1) is 0 Å². The van der Waals surface area contributed by atoms with Gasteiger partial charge in [0.25, 0.3) is 0 Å². The molecule has 1 aliphatic heterocycles. The van der Waals surface area contributed by atoms with Gasteiger partial charge in [-0.2, -0.15) is 0 Å². The van der Waals surface area contributed by atoms with Crippen LogP contribution >= 0.6 is 35.5 Å². The first-order chi connectivity index (χ1) is 11.6. The molecule has 2 N–H and O–H groups in total. The highest BCUT2D eigenvalue weighted by atomic mass is 35.5. The Bertz CT molecular complexity index is 714. The minimum Gasteiger partial charge on any atom is -0.326 e. The molecule has 1 unspecified atom stereocenters. The van der Waals surface area contributed by atoms with Gasteiger partial charge in [-0.3, -0.25) is 4.79 Å². The lowest BCUT2D eigenvalue weighted by Crippen LogP contribution is -2.15. The summed E-state index contributed by atoms with van der Waals surface area (Å²) in [4.78, 5) is 17.8. The van der Waals surface area contributed by atoms with Crippen LogP contribution < -0.4 is 10.6 Å². The van der Waals surface area contributed by atoms with Gasteiger partial charge in [0.15, 0.2) is 4.34 Å². The van der Waals surface area contributed by atoms with Crippen LogP contribution in [0.2, 0.25) is 0 Å². The maximum Gasteiger partial charge on any atom is 0.224 e. The molecular formula is C18H24ClN3OS2. The van der Waals surface area contributed by atoms with Crippen molar-refractivity contribution in [2.75, 3.05) is 18.4 Å². The summed E-state index contributed by atoms with van der Waals surface area (Å²) in [6.45, 7) is 6.18. The number of benzene rings is 1. The number of halogens is 1. The topological polar surface area (TPSA) is 54.0 Å². The largest absolute Gasteiger partial charge is 0.326 e. The molecule has 1 amide bonds. The van der Waals surface area contributed by atoms with Gasteiger partial charge in [-0.15, -0.1) is 23.7 Å². The van der Waals surface area contributed by atoms with Gasteiger partial charge in [0, 0.05) is 28.1 Å². The molecule has 0 radical (unpaired) electrons. The van der Waals surface area contributed by atoms with E-state index in [0.29, 0.717) is 12.3 Å². The Morgan fingerprint density at radius 1 is 1.44 bits per heavy atom. The lowest BCUT2D eigenvalue weighted by Gasteiger charge is -2.11. The molecule has 136 valence electrons. The Labute approximate surface area is 163 Å². The zero-order chi connectivity index (χ0) is 16.9. The average molecular weight is 398 g/mol. The van der Waals surface area contributed by atoms with Crippen LogP contribution in [0.15, 0.2) is 32.8 Å². The van der Waals surface area contributed by atoms with E-state index in [1.54, 1.807) is 23.1 Å². The van der Waals surface area contributed by atoms with Crippen molar-refractivity contribution in [1.82, 2.24) is 10.3 Å². The monoisotopic (exact) mass is 397 g/mol. The van der Waals surface area contributed by atoms with Crippen LogP contribution in [0.3, 0.4) is 0 Å². The van der Waals surface area contributed by atoms with Gasteiger partial charge in [-0.1, -0.05) is 11.8 Å². The van der Waals surface area contributed by atoms with Gasteiger partial charge >= 0.3 is 0 Å². The molecule has 1 atom stereocenters. The molecule has 0 aliphatic carbocycles. The van der Waals surface area contributed by atoms with Crippen molar-refractivity contribution in [3.63, 3.8) is 0 Å². The number of thiazole rings is 1. The molecule has 4 nitrogen and oxygen atoms in total. The molecular weight excluding hydrogens is 374 g/mol. The lowest BCUT2D eigenvalue weighted by atomic mass is 10.0. The molecule has 3 rings (SSSR count). The molecule has 0 bridgehead atoms. The number of hydrogen-bond acceptors (Lipinski definition) is 5. The van der Waals surface area contributed by atoms with E-state index >= 15 is 0 Å². The van der Waals surface area contributed by atoms with Crippen LogP contribution in [0, 0.1) is 19.8 Å². The summed E-state index contributed by atoms with van der Waals surface area (Å²) < 4.78 is 1.05. The number of hydrogen-bond donors (Lipinski definition) is 2. The van der Waals surface area contributed by atoms with Gasteiger partial charge in [-0.05, 0) is 69.5 Å². The quantitative estimate of drug-likeness (QED) is 0.744. The van der Waals surface area contributed by atoms with Crippen molar-refractivity contribution in [1.29, 1.82) is 0 Å². The fourth-order valence-electron chi connectivity index (χ4n) is 2.83. The third kappa shape index (κ3) is 5.99. The standard InChI is InChI=1S/C18H23N3OS2.ClH/c1-12-9-15(24-18-20-13(2)11-23-18)4-5-16(12)21-17(22)6-3-14-7-8-19-10-14;/h4-5,9,11,14,19H,3,6-8,10H2,1-2H3,(H,21,22);1H. The number of nitrogens with zero attached hydrogens (tertiary/aromatic N) is 1. The Hall–Kier alpha value is -1.08. The van der Waals surface area contributed by atoms with Crippen molar-refractivity contribution < 1.29 is 4.79 Å². The van der Waals surface area contributed by atoms with E-state index < -0.39 is 0 Å².